The molecule has 1 aromatic heterocycles. The van der Waals surface area contributed by atoms with Gasteiger partial charge in [0, 0.05) is 25.8 Å². The first kappa shape index (κ1) is 13.1. The molecule has 0 fully saturated rings. The van der Waals surface area contributed by atoms with Crippen LogP contribution in [0.15, 0.2) is 18.2 Å². The first-order valence-electron chi connectivity index (χ1n) is 6.26. The predicted molar refractivity (Wildman–Crippen MR) is 78.3 cm³/mol. The third-order valence-electron chi connectivity index (χ3n) is 2.90. The highest BCUT2D eigenvalue weighted by molar-refractivity contribution is 6.76. The molecule has 18 heavy (non-hydrogen) atoms. The molecule has 1 aromatic carbocycles. The molecule has 0 saturated heterocycles. The molecule has 0 aliphatic heterocycles. The van der Waals surface area contributed by atoms with Gasteiger partial charge in [-0.15, -0.1) is 0 Å². The van der Waals surface area contributed by atoms with Crippen LogP contribution in [0, 0.1) is 0 Å². The molecule has 2 rings (SSSR count). The van der Waals surface area contributed by atoms with E-state index in [0.29, 0.717) is 6.61 Å². The van der Waals surface area contributed by atoms with Crippen molar-refractivity contribution in [3.63, 3.8) is 0 Å². The largest absolute Gasteiger partial charge is 0.399 e. The average Bonchev–Trinajstić information content (AvgIpc) is 2.65. The molecule has 3 N–H and O–H groups in total. The zero-order chi connectivity index (χ0) is 13.2. The van der Waals surface area contributed by atoms with Crippen LogP contribution < -0.4 is 5.73 Å². The third-order valence-corrected chi connectivity index (χ3v) is 4.61. The standard InChI is InChI=1S/C13H21N3OSi/c1-18(2,3)7-6-17-9-13-11-5-4-10(14)8-12(11)15-16-13/h4-5,8H,6-7,9,14H2,1-3H3,(H,15,16). The van der Waals surface area contributed by atoms with Crippen LogP contribution in [-0.2, 0) is 11.3 Å². The summed E-state index contributed by atoms with van der Waals surface area (Å²) in [6, 6.07) is 6.96. The Morgan fingerprint density at radius 1 is 1.33 bits per heavy atom. The fourth-order valence-electron chi connectivity index (χ4n) is 1.75. The Balaban J connectivity index is 1.96. The zero-order valence-electron chi connectivity index (χ0n) is 11.3. The third kappa shape index (κ3) is 3.33. The Hall–Kier alpha value is -1.33. The van der Waals surface area contributed by atoms with Crippen molar-refractivity contribution in [2.45, 2.75) is 32.3 Å². The molecule has 5 heteroatoms. The quantitative estimate of drug-likeness (QED) is 0.495. The average molecular weight is 263 g/mol. The maximum atomic E-state index is 5.73. The van der Waals surface area contributed by atoms with Crippen molar-refractivity contribution in [1.29, 1.82) is 0 Å². The summed E-state index contributed by atoms with van der Waals surface area (Å²) in [5.74, 6) is 0. The van der Waals surface area contributed by atoms with E-state index in [4.69, 9.17) is 10.5 Å². The second-order valence-electron chi connectivity index (χ2n) is 5.84. The SMILES string of the molecule is C[Si](C)(C)CCOCc1n[nH]c2cc(N)ccc12. The van der Waals surface area contributed by atoms with E-state index in [-0.39, 0.29) is 0 Å². The lowest BCUT2D eigenvalue weighted by Gasteiger charge is -2.14. The molecule has 0 atom stereocenters. The van der Waals surface area contributed by atoms with Crippen molar-refractivity contribution < 1.29 is 4.74 Å². The van der Waals surface area contributed by atoms with E-state index in [9.17, 15) is 0 Å². The van der Waals surface area contributed by atoms with Crippen LogP contribution in [0.2, 0.25) is 25.7 Å². The van der Waals surface area contributed by atoms with E-state index in [1.54, 1.807) is 0 Å². The molecule has 98 valence electrons. The number of nitrogens with two attached hydrogens (primary N) is 1. The molecule has 0 aliphatic rings. The number of anilines is 1. The number of H-pyrrole nitrogens is 1. The van der Waals surface area contributed by atoms with Gasteiger partial charge >= 0.3 is 0 Å². The number of nitrogens with zero attached hydrogens (tertiary/aromatic N) is 1. The predicted octanol–water partition coefficient (Wildman–Crippen LogP) is 3.00. The second-order valence-corrected chi connectivity index (χ2v) is 11.5. The molecular weight excluding hydrogens is 242 g/mol. The number of hydrogen-bond acceptors (Lipinski definition) is 3. The van der Waals surface area contributed by atoms with Gasteiger partial charge in [-0.2, -0.15) is 5.10 Å². The van der Waals surface area contributed by atoms with E-state index in [1.807, 2.05) is 18.2 Å². The number of nitrogens with one attached hydrogen (secondary N) is 1. The van der Waals surface area contributed by atoms with Gasteiger partial charge in [0.05, 0.1) is 17.8 Å². The van der Waals surface area contributed by atoms with E-state index in [0.717, 1.165) is 28.9 Å². The van der Waals surface area contributed by atoms with Crippen LogP contribution in [0.4, 0.5) is 5.69 Å². The Labute approximate surface area is 109 Å². The minimum absolute atomic E-state index is 0.564. The van der Waals surface area contributed by atoms with E-state index in [2.05, 4.69) is 29.8 Å². The Morgan fingerprint density at radius 3 is 2.83 bits per heavy atom. The zero-order valence-corrected chi connectivity index (χ0v) is 12.3. The minimum Gasteiger partial charge on any atom is -0.399 e. The molecule has 2 aromatic rings. The van der Waals surface area contributed by atoms with Crippen molar-refractivity contribution >= 4 is 24.7 Å². The van der Waals surface area contributed by atoms with Gasteiger partial charge in [0.1, 0.15) is 0 Å². The summed E-state index contributed by atoms with van der Waals surface area (Å²) < 4.78 is 5.71. The van der Waals surface area contributed by atoms with Crippen molar-refractivity contribution in [3.05, 3.63) is 23.9 Å². The number of hydrogen-bond donors (Lipinski definition) is 2. The number of rotatable bonds is 5. The number of aromatic nitrogens is 2. The summed E-state index contributed by atoms with van der Waals surface area (Å²) in [4.78, 5) is 0. The summed E-state index contributed by atoms with van der Waals surface area (Å²) >= 11 is 0. The number of nitrogen functional groups attached to an aromatic ring is 1. The number of benzene rings is 1. The minimum atomic E-state index is -1.01. The summed E-state index contributed by atoms with van der Waals surface area (Å²) in [5.41, 5.74) is 8.41. The van der Waals surface area contributed by atoms with Crippen LogP contribution in [0.1, 0.15) is 5.69 Å². The Kier molecular flexibility index (Phi) is 3.73. The van der Waals surface area contributed by atoms with Gasteiger partial charge in [0.15, 0.2) is 0 Å². The lowest BCUT2D eigenvalue weighted by Crippen LogP contribution is -2.21. The van der Waals surface area contributed by atoms with Crippen LogP contribution in [0.3, 0.4) is 0 Å². The second kappa shape index (κ2) is 5.12. The van der Waals surface area contributed by atoms with E-state index >= 15 is 0 Å². The maximum absolute atomic E-state index is 5.73. The smallest absolute Gasteiger partial charge is 0.0957 e. The molecule has 1 heterocycles. The first-order valence-corrected chi connectivity index (χ1v) is 9.97. The number of fused-ring (bicyclic) bond motifs is 1. The van der Waals surface area contributed by atoms with Gasteiger partial charge in [0.25, 0.3) is 0 Å². The fourth-order valence-corrected chi connectivity index (χ4v) is 2.51. The highest BCUT2D eigenvalue weighted by Crippen LogP contribution is 2.19. The molecular formula is C13H21N3OSi. The lowest BCUT2D eigenvalue weighted by atomic mass is 10.2. The highest BCUT2D eigenvalue weighted by atomic mass is 28.3. The van der Waals surface area contributed by atoms with Gasteiger partial charge in [-0.3, -0.25) is 5.10 Å². The normalized spacial score (nSPS) is 12.2. The topological polar surface area (TPSA) is 63.9 Å². The van der Waals surface area contributed by atoms with Gasteiger partial charge in [-0.1, -0.05) is 19.6 Å². The van der Waals surface area contributed by atoms with Crippen LogP contribution in [-0.4, -0.2) is 24.9 Å². The van der Waals surface area contributed by atoms with Crippen LogP contribution in [0.25, 0.3) is 10.9 Å². The van der Waals surface area contributed by atoms with E-state index in [1.165, 1.54) is 6.04 Å². The van der Waals surface area contributed by atoms with Gasteiger partial charge in [-0.05, 0) is 24.2 Å². The highest BCUT2D eigenvalue weighted by Gasteiger charge is 2.12. The number of aromatic amines is 1. The summed E-state index contributed by atoms with van der Waals surface area (Å²) in [6.45, 7) is 8.43. The Bertz CT molecular complexity index is 531. The Morgan fingerprint density at radius 2 is 2.11 bits per heavy atom. The molecule has 0 spiro atoms. The molecule has 0 aliphatic carbocycles. The molecule has 0 unspecified atom stereocenters. The van der Waals surface area contributed by atoms with Crippen molar-refractivity contribution in [2.24, 2.45) is 0 Å². The molecule has 0 bridgehead atoms. The maximum Gasteiger partial charge on any atom is 0.0957 e. The first-order chi connectivity index (χ1) is 8.46. The van der Waals surface area contributed by atoms with Crippen LogP contribution in [0.5, 0.6) is 0 Å². The summed E-state index contributed by atoms with van der Waals surface area (Å²) in [5, 5.41) is 8.36. The van der Waals surface area contributed by atoms with Gasteiger partial charge in [-0.25, -0.2) is 0 Å². The summed E-state index contributed by atoms with van der Waals surface area (Å²) in [7, 11) is -1.01. The van der Waals surface area contributed by atoms with Crippen molar-refractivity contribution in [2.75, 3.05) is 12.3 Å². The molecule has 0 amide bonds. The molecule has 0 saturated carbocycles. The molecule has 4 nitrogen and oxygen atoms in total. The van der Waals surface area contributed by atoms with Crippen molar-refractivity contribution in [1.82, 2.24) is 10.2 Å². The van der Waals surface area contributed by atoms with E-state index < -0.39 is 8.07 Å². The lowest BCUT2D eigenvalue weighted by molar-refractivity contribution is 0.131. The molecule has 0 radical (unpaired) electrons. The number of ether oxygens (including phenoxy) is 1. The fraction of sp³-hybridized carbons (Fsp3) is 0.462. The van der Waals surface area contributed by atoms with Gasteiger partial charge < -0.3 is 10.5 Å². The summed E-state index contributed by atoms with van der Waals surface area (Å²) in [6.07, 6.45) is 0. The van der Waals surface area contributed by atoms with Crippen LogP contribution >= 0.6 is 0 Å². The van der Waals surface area contributed by atoms with Crippen molar-refractivity contribution in [3.8, 4) is 0 Å². The van der Waals surface area contributed by atoms with Gasteiger partial charge in [0.2, 0.25) is 0 Å². The monoisotopic (exact) mass is 263 g/mol.